The topological polar surface area (TPSA) is 41.6 Å². The normalized spacial score (nSPS) is 19.0. The van der Waals surface area contributed by atoms with Gasteiger partial charge in [0.05, 0.1) is 5.69 Å². The maximum absolute atomic E-state index is 13.8. The van der Waals surface area contributed by atoms with Gasteiger partial charge in [-0.2, -0.15) is 0 Å². The number of anilines is 1. The van der Waals surface area contributed by atoms with Crippen molar-refractivity contribution in [1.29, 1.82) is 0 Å². The molecule has 1 N–H and O–H groups in total. The van der Waals surface area contributed by atoms with Crippen molar-refractivity contribution in [3.63, 3.8) is 0 Å². The summed E-state index contributed by atoms with van der Waals surface area (Å²) >= 11 is 0. The maximum atomic E-state index is 13.8. The highest BCUT2D eigenvalue weighted by Gasteiger charge is 2.25. The summed E-state index contributed by atoms with van der Waals surface area (Å²) in [5, 5.41) is 2.79. The molecule has 1 aromatic rings. The van der Waals surface area contributed by atoms with Crippen molar-refractivity contribution in [3.05, 3.63) is 29.8 Å². The molecule has 0 saturated carbocycles. The highest BCUT2D eigenvalue weighted by Crippen LogP contribution is 2.24. The number of hydrogen-bond acceptors (Lipinski definition) is 3. The number of hydrogen-bond donors (Lipinski definition) is 1. The maximum Gasteiger partial charge on any atom is 0.407 e. The number of ether oxygens (including phenoxy) is 1. The molecule has 0 radical (unpaired) electrons. The Bertz CT molecular complexity index is 543. The van der Waals surface area contributed by atoms with Gasteiger partial charge in [0.1, 0.15) is 17.2 Å². The summed E-state index contributed by atoms with van der Waals surface area (Å²) in [7, 11) is 0. The van der Waals surface area contributed by atoms with E-state index in [4.69, 9.17) is 4.74 Å². The lowest BCUT2D eigenvalue weighted by Gasteiger charge is -2.35. The van der Waals surface area contributed by atoms with E-state index in [1.54, 1.807) is 25.7 Å². The molecule has 1 amide bonds. The second-order valence-electron chi connectivity index (χ2n) is 6.53. The number of carbonyl (C=O) groups is 1. The van der Waals surface area contributed by atoms with Crippen LogP contribution in [0.4, 0.5) is 19.3 Å². The van der Waals surface area contributed by atoms with Gasteiger partial charge in [-0.1, -0.05) is 0 Å². The highest BCUT2D eigenvalue weighted by molar-refractivity contribution is 5.68. The summed E-state index contributed by atoms with van der Waals surface area (Å²) in [6.45, 7) is 6.44. The Morgan fingerprint density at radius 2 is 2.09 bits per heavy atom. The third-order valence-electron chi connectivity index (χ3n) is 3.39. The molecule has 1 saturated heterocycles. The van der Waals surface area contributed by atoms with E-state index >= 15 is 0 Å². The number of nitrogens with zero attached hydrogens (tertiary/aromatic N) is 1. The summed E-state index contributed by atoms with van der Waals surface area (Å²) in [4.78, 5) is 13.6. The summed E-state index contributed by atoms with van der Waals surface area (Å²) in [5.74, 6) is -0.932. The monoisotopic (exact) mass is 312 g/mol. The van der Waals surface area contributed by atoms with Gasteiger partial charge in [0.15, 0.2) is 0 Å². The molecule has 122 valence electrons. The van der Waals surface area contributed by atoms with Gasteiger partial charge in [-0.25, -0.2) is 13.6 Å². The van der Waals surface area contributed by atoms with E-state index in [-0.39, 0.29) is 11.7 Å². The lowest BCUT2D eigenvalue weighted by molar-refractivity contribution is 0.0500. The predicted octanol–water partition coefficient (Wildman–Crippen LogP) is 3.46. The van der Waals surface area contributed by atoms with Crippen LogP contribution in [0.1, 0.15) is 33.6 Å². The fourth-order valence-corrected chi connectivity index (χ4v) is 2.52. The van der Waals surface area contributed by atoms with E-state index in [9.17, 15) is 13.6 Å². The zero-order valence-electron chi connectivity index (χ0n) is 13.2. The smallest absolute Gasteiger partial charge is 0.407 e. The van der Waals surface area contributed by atoms with Crippen molar-refractivity contribution in [2.45, 2.75) is 45.3 Å². The standard InChI is InChI=1S/C16H22F2N2O2/c1-16(2,3)22-15(21)19-12-5-4-8-20(10-12)14-9-11(17)6-7-13(14)18/h6-7,9,12H,4-5,8,10H2,1-3H3,(H,19,21). The first-order chi connectivity index (χ1) is 10.2. The Morgan fingerprint density at radius 3 is 2.77 bits per heavy atom. The van der Waals surface area contributed by atoms with E-state index in [0.717, 1.165) is 25.0 Å². The lowest BCUT2D eigenvalue weighted by atomic mass is 10.0. The zero-order chi connectivity index (χ0) is 16.3. The van der Waals surface area contributed by atoms with Gasteiger partial charge in [0.2, 0.25) is 0 Å². The van der Waals surface area contributed by atoms with Crippen molar-refractivity contribution in [2.24, 2.45) is 0 Å². The van der Waals surface area contributed by atoms with Crippen LogP contribution in [0.15, 0.2) is 18.2 Å². The molecule has 1 atom stereocenters. The van der Waals surface area contributed by atoms with Gasteiger partial charge in [0, 0.05) is 25.2 Å². The van der Waals surface area contributed by atoms with Crippen LogP contribution in [-0.2, 0) is 4.74 Å². The molecule has 4 nitrogen and oxygen atoms in total. The lowest BCUT2D eigenvalue weighted by Crippen LogP contribution is -2.49. The Morgan fingerprint density at radius 1 is 1.36 bits per heavy atom. The van der Waals surface area contributed by atoms with E-state index in [1.807, 2.05) is 0 Å². The quantitative estimate of drug-likeness (QED) is 0.909. The van der Waals surface area contributed by atoms with Crippen molar-refractivity contribution in [1.82, 2.24) is 5.32 Å². The molecular formula is C16H22F2N2O2. The molecule has 1 heterocycles. The van der Waals surface area contributed by atoms with Gasteiger partial charge >= 0.3 is 6.09 Å². The number of nitrogens with one attached hydrogen (secondary N) is 1. The number of rotatable bonds is 2. The second kappa shape index (κ2) is 6.50. The highest BCUT2D eigenvalue weighted by atomic mass is 19.1. The van der Waals surface area contributed by atoms with Crippen LogP contribution in [-0.4, -0.2) is 30.8 Å². The average Bonchev–Trinajstić information content (AvgIpc) is 2.39. The molecule has 0 aromatic heterocycles. The van der Waals surface area contributed by atoms with Gasteiger partial charge in [-0.3, -0.25) is 0 Å². The van der Waals surface area contributed by atoms with Crippen LogP contribution < -0.4 is 10.2 Å². The van der Waals surface area contributed by atoms with E-state index in [0.29, 0.717) is 13.1 Å². The van der Waals surface area contributed by atoms with Crippen molar-refractivity contribution in [2.75, 3.05) is 18.0 Å². The van der Waals surface area contributed by atoms with E-state index in [1.165, 1.54) is 6.07 Å². The average molecular weight is 312 g/mol. The van der Waals surface area contributed by atoms with Crippen molar-refractivity contribution >= 4 is 11.8 Å². The first-order valence-electron chi connectivity index (χ1n) is 7.44. The number of alkyl carbamates (subject to hydrolysis) is 1. The van der Waals surface area contributed by atoms with Gasteiger partial charge in [-0.15, -0.1) is 0 Å². The Labute approximate surface area is 129 Å². The Balaban J connectivity index is 2.00. The third-order valence-corrected chi connectivity index (χ3v) is 3.39. The summed E-state index contributed by atoms with van der Waals surface area (Å²) in [5.41, 5.74) is -0.330. The minimum atomic E-state index is -0.562. The second-order valence-corrected chi connectivity index (χ2v) is 6.53. The van der Waals surface area contributed by atoms with Gasteiger partial charge < -0.3 is 15.0 Å². The summed E-state index contributed by atoms with van der Waals surface area (Å²) in [6.07, 6.45) is 1.09. The Hall–Kier alpha value is -1.85. The van der Waals surface area contributed by atoms with Crippen LogP contribution in [0, 0.1) is 11.6 Å². The third kappa shape index (κ3) is 4.58. The summed E-state index contributed by atoms with van der Waals surface area (Å²) < 4.78 is 32.4. The molecule has 1 aromatic carbocycles. The van der Waals surface area contributed by atoms with Crippen molar-refractivity contribution in [3.8, 4) is 0 Å². The molecular weight excluding hydrogens is 290 g/mol. The molecule has 0 aliphatic carbocycles. The first kappa shape index (κ1) is 16.5. The predicted molar refractivity (Wildman–Crippen MR) is 81.0 cm³/mol. The summed E-state index contributed by atoms with van der Waals surface area (Å²) in [6, 6.07) is 3.26. The van der Waals surface area contributed by atoms with Gasteiger partial charge in [-0.05, 0) is 45.7 Å². The molecule has 0 spiro atoms. The van der Waals surface area contributed by atoms with E-state index < -0.39 is 23.3 Å². The minimum Gasteiger partial charge on any atom is -0.444 e. The van der Waals surface area contributed by atoms with Crippen LogP contribution in [0.5, 0.6) is 0 Å². The SMILES string of the molecule is CC(C)(C)OC(=O)NC1CCCN(c2cc(F)ccc2F)C1. The van der Waals surface area contributed by atoms with Crippen LogP contribution in [0.2, 0.25) is 0 Å². The fourth-order valence-electron chi connectivity index (χ4n) is 2.52. The number of amides is 1. The van der Waals surface area contributed by atoms with Crippen LogP contribution in [0.25, 0.3) is 0 Å². The van der Waals surface area contributed by atoms with Crippen LogP contribution >= 0.6 is 0 Å². The fraction of sp³-hybridized carbons (Fsp3) is 0.562. The molecule has 2 rings (SSSR count). The minimum absolute atomic E-state index is 0.147. The molecule has 6 heteroatoms. The Kier molecular flexibility index (Phi) is 4.88. The molecule has 0 bridgehead atoms. The molecule has 1 aliphatic rings. The number of benzene rings is 1. The zero-order valence-corrected chi connectivity index (χ0v) is 13.2. The number of carbonyl (C=O) groups excluding carboxylic acids is 1. The molecule has 1 fully saturated rings. The van der Waals surface area contributed by atoms with Crippen molar-refractivity contribution < 1.29 is 18.3 Å². The van der Waals surface area contributed by atoms with Gasteiger partial charge in [0.25, 0.3) is 0 Å². The molecule has 1 aliphatic heterocycles. The van der Waals surface area contributed by atoms with E-state index in [2.05, 4.69) is 5.32 Å². The molecule has 22 heavy (non-hydrogen) atoms. The number of piperidine rings is 1. The largest absolute Gasteiger partial charge is 0.444 e. The first-order valence-corrected chi connectivity index (χ1v) is 7.44. The molecule has 1 unspecified atom stereocenters. The van der Waals surface area contributed by atoms with Crippen LogP contribution in [0.3, 0.4) is 0 Å². The number of halogens is 2.